The van der Waals surface area contributed by atoms with E-state index in [1.807, 2.05) is 72.5 Å². The molecule has 3 aromatic carbocycles. The van der Waals surface area contributed by atoms with Crippen LogP contribution in [0.3, 0.4) is 0 Å². The second-order valence-electron chi connectivity index (χ2n) is 9.83. The van der Waals surface area contributed by atoms with Gasteiger partial charge in [0.1, 0.15) is 0 Å². The molecule has 0 bridgehead atoms. The maximum Gasteiger partial charge on any atom is 0.253 e. The second-order valence-corrected chi connectivity index (χ2v) is 10.3. The predicted octanol–water partition coefficient (Wildman–Crippen LogP) is 6.13. The quantitative estimate of drug-likeness (QED) is 0.280. The maximum absolute atomic E-state index is 13.6. The van der Waals surface area contributed by atoms with Crippen molar-refractivity contribution >= 4 is 40.9 Å². The van der Waals surface area contributed by atoms with Gasteiger partial charge in [0.25, 0.3) is 5.91 Å². The Balaban J connectivity index is 0.00000320. The monoisotopic (exact) mass is 534 g/mol. The molecule has 2 N–H and O–H groups in total. The lowest BCUT2D eigenvalue weighted by molar-refractivity contribution is 0.0737. The van der Waals surface area contributed by atoms with Gasteiger partial charge in [0.05, 0.1) is 22.4 Å². The van der Waals surface area contributed by atoms with Crippen molar-refractivity contribution in [3.8, 4) is 0 Å². The molecule has 1 aliphatic rings. The Labute approximate surface area is 229 Å². The van der Waals surface area contributed by atoms with Crippen LogP contribution >= 0.6 is 24.0 Å². The molecule has 37 heavy (non-hydrogen) atoms. The van der Waals surface area contributed by atoms with Crippen LogP contribution in [0.5, 0.6) is 0 Å². The van der Waals surface area contributed by atoms with E-state index in [2.05, 4.69) is 12.1 Å². The fourth-order valence-electron chi connectivity index (χ4n) is 4.80. The standard InChI is InChI=1S/C30H31ClN4O.ClH/c1-21-8-10-23(11-9-21)29(36)35(17-5-16-32)20-30(14-15-30)28-27(18-22-6-3-2-4-7-22)33-25-13-12-24(31)19-26(25)34-28;/h2-4,6-13,19H,5,14-18,20,32H2,1H3;1H. The lowest BCUT2D eigenvalue weighted by Gasteiger charge is -2.29. The SMILES string of the molecule is Cc1ccc(C(=O)N(CCCN)CC2(c3nc4cc(Cl)ccc4nc3Cc3ccccc3)CC2)cc1.Cl. The number of aryl methyl sites for hydroxylation is 1. The van der Waals surface area contributed by atoms with Crippen molar-refractivity contribution in [3.05, 3.63) is 106 Å². The molecule has 5 nitrogen and oxygen atoms in total. The summed E-state index contributed by atoms with van der Waals surface area (Å²) in [5.74, 6) is 0.0381. The molecule has 1 saturated carbocycles. The van der Waals surface area contributed by atoms with Crippen LogP contribution in [0.2, 0.25) is 5.02 Å². The molecule has 1 heterocycles. The number of hydrogen-bond donors (Lipinski definition) is 1. The summed E-state index contributed by atoms with van der Waals surface area (Å²) < 4.78 is 0. The van der Waals surface area contributed by atoms with Gasteiger partial charge in [0.2, 0.25) is 0 Å². The molecule has 1 aromatic heterocycles. The summed E-state index contributed by atoms with van der Waals surface area (Å²) in [6.07, 6.45) is 3.38. The van der Waals surface area contributed by atoms with E-state index in [-0.39, 0.29) is 23.7 Å². The molecule has 0 unspecified atom stereocenters. The molecule has 0 radical (unpaired) electrons. The summed E-state index contributed by atoms with van der Waals surface area (Å²) in [4.78, 5) is 25.7. The van der Waals surface area contributed by atoms with Gasteiger partial charge in [-0.05, 0) is 68.6 Å². The molecule has 4 aromatic rings. The van der Waals surface area contributed by atoms with Gasteiger partial charge in [-0.3, -0.25) is 4.79 Å². The maximum atomic E-state index is 13.6. The fraction of sp³-hybridized carbons (Fsp3) is 0.300. The first-order chi connectivity index (χ1) is 17.5. The predicted molar refractivity (Wildman–Crippen MR) is 153 cm³/mol. The Bertz CT molecular complexity index is 1370. The van der Waals surface area contributed by atoms with Crippen LogP contribution in [0.1, 0.15) is 52.1 Å². The minimum absolute atomic E-state index is 0. The van der Waals surface area contributed by atoms with Crippen LogP contribution in [0, 0.1) is 6.92 Å². The van der Waals surface area contributed by atoms with Crippen molar-refractivity contribution in [3.63, 3.8) is 0 Å². The molecule has 0 spiro atoms. The molecule has 1 fully saturated rings. The average molecular weight is 536 g/mol. The fourth-order valence-corrected chi connectivity index (χ4v) is 4.97. The summed E-state index contributed by atoms with van der Waals surface area (Å²) in [5, 5.41) is 0.641. The lowest BCUT2D eigenvalue weighted by atomic mass is 9.95. The molecular formula is C30H32Cl2N4O. The molecular weight excluding hydrogens is 503 g/mol. The largest absolute Gasteiger partial charge is 0.338 e. The molecule has 0 saturated heterocycles. The van der Waals surface area contributed by atoms with E-state index in [1.165, 1.54) is 5.56 Å². The highest BCUT2D eigenvalue weighted by Gasteiger charge is 2.49. The zero-order chi connectivity index (χ0) is 25.1. The minimum atomic E-state index is -0.220. The number of amides is 1. The van der Waals surface area contributed by atoms with E-state index in [9.17, 15) is 4.79 Å². The van der Waals surface area contributed by atoms with Crippen molar-refractivity contribution in [1.82, 2.24) is 14.9 Å². The van der Waals surface area contributed by atoms with Gasteiger partial charge in [-0.15, -0.1) is 12.4 Å². The van der Waals surface area contributed by atoms with E-state index in [4.69, 9.17) is 27.3 Å². The van der Waals surface area contributed by atoms with E-state index in [0.29, 0.717) is 36.6 Å². The van der Waals surface area contributed by atoms with Crippen LogP contribution in [0.25, 0.3) is 11.0 Å². The summed E-state index contributed by atoms with van der Waals surface area (Å²) >= 11 is 6.30. The van der Waals surface area contributed by atoms with Gasteiger partial charge in [0, 0.05) is 35.5 Å². The van der Waals surface area contributed by atoms with Gasteiger partial charge in [-0.2, -0.15) is 0 Å². The Morgan fingerprint density at radius 2 is 1.73 bits per heavy atom. The van der Waals surface area contributed by atoms with Gasteiger partial charge in [-0.25, -0.2) is 9.97 Å². The molecule has 7 heteroatoms. The van der Waals surface area contributed by atoms with Crippen LogP contribution in [-0.2, 0) is 11.8 Å². The Hall–Kier alpha value is -2.99. The van der Waals surface area contributed by atoms with Crippen LogP contribution in [0.4, 0.5) is 0 Å². The number of rotatable bonds is 9. The first kappa shape index (κ1) is 27.1. The van der Waals surface area contributed by atoms with Crippen LogP contribution in [0.15, 0.2) is 72.8 Å². The molecule has 0 aliphatic heterocycles. The van der Waals surface area contributed by atoms with E-state index < -0.39 is 0 Å². The summed E-state index contributed by atoms with van der Waals surface area (Å²) in [7, 11) is 0. The first-order valence-electron chi connectivity index (χ1n) is 12.5. The topological polar surface area (TPSA) is 72.1 Å². The molecule has 0 atom stereocenters. The number of nitrogens with two attached hydrogens (primary N) is 1. The zero-order valence-corrected chi connectivity index (χ0v) is 22.6. The van der Waals surface area contributed by atoms with Crippen LogP contribution in [-0.4, -0.2) is 40.4 Å². The first-order valence-corrected chi connectivity index (χ1v) is 12.9. The van der Waals surface area contributed by atoms with Gasteiger partial charge in [-0.1, -0.05) is 59.6 Å². The zero-order valence-electron chi connectivity index (χ0n) is 21.0. The van der Waals surface area contributed by atoms with E-state index in [0.717, 1.165) is 47.2 Å². The number of carbonyl (C=O) groups excluding carboxylic acids is 1. The molecule has 1 aliphatic carbocycles. The van der Waals surface area contributed by atoms with Crippen molar-refractivity contribution in [2.24, 2.45) is 5.73 Å². The highest BCUT2D eigenvalue weighted by atomic mass is 35.5. The second kappa shape index (κ2) is 11.6. The van der Waals surface area contributed by atoms with Crippen molar-refractivity contribution in [2.45, 2.75) is 38.0 Å². The highest BCUT2D eigenvalue weighted by molar-refractivity contribution is 6.31. The molecule has 1 amide bonds. The number of nitrogens with zero attached hydrogens (tertiary/aromatic N) is 3. The van der Waals surface area contributed by atoms with E-state index >= 15 is 0 Å². The normalized spacial score (nSPS) is 13.7. The lowest BCUT2D eigenvalue weighted by Crippen LogP contribution is -2.39. The third-order valence-electron chi connectivity index (χ3n) is 6.98. The summed E-state index contributed by atoms with van der Waals surface area (Å²) in [5.41, 5.74) is 12.2. The average Bonchev–Trinajstić information content (AvgIpc) is 3.67. The summed E-state index contributed by atoms with van der Waals surface area (Å²) in [6.45, 7) is 3.78. The third-order valence-corrected chi connectivity index (χ3v) is 7.22. The Morgan fingerprint density at radius 1 is 1.00 bits per heavy atom. The van der Waals surface area contributed by atoms with Gasteiger partial charge in [0.15, 0.2) is 0 Å². The van der Waals surface area contributed by atoms with Gasteiger partial charge < -0.3 is 10.6 Å². The van der Waals surface area contributed by atoms with Crippen molar-refractivity contribution < 1.29 is 4.79 Å². The highest BCUT2D eigenvalue weighted by Crippen LogP contribution is 2.49. The number of carbonyl (C=O) groups is 1. The third kappa shape index (κ3) is 6.12. The smallest absolute Gasteiger partial charge is 0.253 e. The summed E-state index contributed by atoms with van der Waals surface area (Å²) in [6, 6.07) is 23.8. The Morgan fingerprint density at radius 3 is 2.41 bits per heavy atom. The number of benzene rings is 3. The van der Waals surface area contributed by atoms with Crippen molar-refractivity contribution in [2.75, 3.05) is 19.6 Å². The van der Waals surface area contributed by atoms with Crippen molar-refractivity contribution in [1.29, 1.82) is 0 Å². The Kier molecular flexibility index (Phi) is 8.48. The number of halogens is 2. The minimum Gasteiger partial charge on any atom is -0.338 e. The number of fused-ring (bicyclic) bond motifs is 1. The molecule has 192 valence electrons. The number of aromatic nitrogens is 2. The number of hydrogen-bond acceptors (Lipinski definition) is 4. The van der Waals surface area contributed by atoms with Gasteiger partial charge >= 0.3 is 0 Å². The van der Waals surface area contributed by atoms with Crippen LogP contribution < -0.4 is 5.73 Å². The molecule has 5 rings (SSSR count). The van der Waals surface area contributed by atoms with E-state index in [1.54, 1.807) is 0 Å².